The van der Waals surface area contributed by atoms with E-state index in [-0.39, 0.29) is 5.82 Å². The number of nitrogens with zero attached hydrogens (tertiary/aromatic N) is 2. The largest absolute Gasteiger partial charge is 0.337 e. The van der Waals surface area contributed by atoms with Crippen LogP contribution >= 0.6 is 0 Å². The zero-order valence-corrected chi connectivity index (χ0v) is 11.7. The van der Waals surface area contributed by atoms with E-state index < -0.39 is 0 Å². The van der Waals surface area contributed by atoms with E-state index in [2.05, 4.69) is 21.7 Å². The average molecular weight is 280 g/mol. The molecule has 0 N–H and O–H groups in total. The zero-order valence-electron chi connectivity index (χ0n) is 11.7. The molecule has 0 radical (unpaired) electrons. The molecule has 2 nitrogen and oxygen atoms in total. The van der Waals surface area contributed by atoms with Crippen molar-refractivity contribution in [2.24, 2.45) is 0 Å². The second kappa shape index (κ2) is 6.35. The molecule has 1 atom stereocenters. The van der Waals surface area contributed by atoms with Crippen molar-refractivity contribution in [1.29, 1.82) is 0 Å². The van der Waals surface area contributed by atoms with Gasteiger partial charge in [0.1, 0.15) is 5.82 Å². The van der Waals surface area contributed by atoms with Crippen LogP contribution in [-0.4, -0.2) is 9.55 Å². The minimum absolute atomic E-state index is 0.195. The Labute approximate surface area is 123 Å². The molecule has 3 heteroatoms. The number of aromatic nitrogens is 2. The first-order valence-corrected chi connectivity index (χ1v) is 7.06. The predicted octanol–water partition coefficient (Wildman–Crippen LogP) is 4.05. The van der Waals surface area contributed by atoms with Crippen LogP contribution in [0.5, 0.6) is 0 Å². The van der Waals surface area contributed by atoms with Gasteiger partial charge in [0.2, 0.25) is 0 Å². The molecule has 3 aromatic rings. The van der Waals surface area contributed by atoms with E-state index in [9.17, 15) is 4.39 Å². The van der Waals surface area contributed by atoms with Crippen LogP contribution in [0.3, 0.4) is 0 Å². The molecule has 106 valence electrons. The third-order valence-corrected chi connectivity index (χ3v) is 3.66. The van der Waals surface area contributed by atoms with Crippen molar-refractivity contribution in [2.45, 2.75) is 18.9 Å². The van der Waals surface area contributed by atoms with Crippen LogP contribution in [0.25, 0.3) is 0 Å². The van der Waals surface area contributed by atoms with Crippen molar-refractivity contribution in [3.8, 4) is 0 Å². The molecule has 3 rings (SSSR count). The highest BCUT2D eigenvalue weighted by Crippen LogP contribution is 2.23. The summed E-state index contributed by atoms with van der Waals surface area (Å²) in [5.41, 5.74) is 2.43. The fourth-order valence-electron chi connectivity index (χ4n) is 2.57. The third-order valence-electron chi connectivity index (χ3n) is 3.66. The average Bonchev–Trinajstić information content (AvgIpc) is 3.01. The Bertz CT molecular complexity index is 660. The maximum absolute atomic E-state index is 13.1. The molecule has 21 heavy (non-hydrogen) atoms. The van der Waals surface area contributed by atoms with Crippen molar-refractivity contribution < 1.29 is 4.39 Å². The van der Waals surface area contributed by atoms with E-state index in [0.29, 0.717) is 5.92 Å². The molecular weight excluding hydrogens is 263 g/mol. The second-order valence-electron chi connectivity index (χ2n) is 5.20. The standard InChI is InChI=1S/C18H17FN2/c19-18-8-6-16(7-9-18)17(13-21-11-10-20-14-21)12-15-4-2-1-3-5-15/h1-11,14,17H,12-13H2. The van der Waals surface area contributed by atoms with Gasteiger partial charge < -0.3 is 4.57 Å². The van der Waals surface area contributed by atoms with E-state index >= 15 is 0 Å². The monoisotopic (exact) mass is 280 g/mol. The summed E-state index contributed by atoms with van der Waals surface area (Å²) in [5, 5.41) is 0. The lowest BCUT2D eigenvalue weighted by atomic mass is 9.92. The van der Waals surface area contributed by atoms with Gasteiger partial charge in [0.25, 0.3) is 0 Å². The topological polar surface area (TPSA) is 17.8 Å². The Hall–Kier alpha value is -2.42. The van der Waals surface area contributed by atoms with Crippen LogP contribution in [-0.2, 0) is 13.0 Å². The number of hydrogen-bond donors (Lipinski definition) is 0. The number of imidazole rings is 1. The molecule has 0 aliphatic rings. The lowest BCUT2D eigenvalue weighted by Gasteiger charge is -2.18. The summed E-state index contributed by atoms with van der Waals surface area (Å²) in [4.78, 5) is 4.09. The Kier molecular flexibility index (Phi) is 4.10. The van der Waals surface area contributed by atoms with Gasteiger partial charge in [-0.15, -0.1) is 0 Å². The van der Waals surface area contributed by atoms with Gasteiger partial charge >= 0.3 is 0 Å². The van der Waals surface area contributed by atoms with Gasteiger partial charge in [-0.3, -0.25) is 0 Å². The van der Waals surface area contributed by atoms with Gasteiger partial charge in [-0.2, -0.15) is 0 Å². The Morgan fingerprint density at radius 1 is 1.00 bits per heavy atom. The predicted molar refractivity (Wildman–Crippen MR) is 81.5 cm³/mol. The van der Waals surface area contributed by atoms with Gasteiger partial charge in [-0.25, -0.2) is 9.37 Å². The van der Waals surface area contributed by atoms with Crippen molar-refractivity contribution in [3.05, 3.63) is 90.3 Å². The first kappa shape index (κ1) is 13.6. The first-order chi connectivity index (χ1) is 10.3. The van der Waals surface area contributed by atoms with E-state index in [1.807, 2.05) is 42.9 Å². The molecule has 1 aromatic heterocycles. The Morgan fingerprint density at radius 2 is 1.76 bits per heavy atom. The van der Waals surface area contributed by atoms with Crippen molar-refractivity contribution in [2.75, 3.05) is 0 Å². The molecule has 0 bridgehead atoms. The van der Waals surface area contributed by atoms with E-state index in [1.54, 1.807) is 6.20 Å². The molecule has 0 spiro atoms. The Morgan fingerprint density at radius 3 is 2.43 bits per heavy atom. The smallest absolute Gasteiger partial charge is 0.123 e. The van der Waals surface area contributed by atoms with Crippen molar-refractivity contribution in [1.82, 2.24) is 9.55 Å². The summed E-state index contributed by atoms with van der Waals surface area (Å²) in [7, 11) is 0. The molecular formula is C18H17FN2. The van der Waals surface area contributed by atoms with E-state index in [4.69, 9.17) is 0 Å². The summed E-state index contributed by atoms with van der Waals surface area (Å²) in [6, 6.07) is 17.2. The van der Waals surface area contributed by atoms with Crippen LogP contribution < -0.4 is 0 Å². The maximum Gasteiger partial charge on any atom is 0.123 e. The van der Waals surface area contributed by atoms with Crippen LogP contribution in [0, 0.1) is 5.82 Å². The highest BCUT2D eigenvalue weighted by molar-refractivity contribution is 5.24. The van der Waals surface area contributed by atoms with Crippen molar-refractivity contribution in [3.63, 3.8) is 0 Å². The quantitative estimate of drug-likeness (QED) is 0.689. The normalized spacial score (nSPS) is 12.2. The summed E-state index contributed by atoms with van der Waals surface area (Å²) in [6.07, 6.45) is 6.48. The maximum atomic E-state index is 13.1. The van der Waals surface area contributed by atoms with Crippen LogP contribution in [0.4, 0.5) is 4.39 Å². The third kappa shape index (κ3) is 3.57. The molecule has 1 heterocycles. The Balaban J connectivity index is 1.85. The van der Waals surface area contributed by atoms with Crippen LogP contribution in [0.15, 0.2) is 73.3 Å². The van der Waals surface area contributed by atoms with Crippen molar-refractivity contribution >= 4 is 0 Å². The number of rotatable bonds is 5. The molecule has 1 unspecified atom stereocenters. The van der Waals surface area contributed by atoms with Crippen LogP contribution in [0.1, 0.15) is 17.0 Å². The number of halogens is 1. The minimum Gasteiger partial charge on any atom is -0.337 e. The molecule has 0 saturated carbocycles. The van der Waals surface area contributed by atoms with Gasteiger partial charge in [0.15, 0.2) is 0 Å². The zero-order chi connectivity index (χ0) is 14.5. The fraction of sp³-hybridized carbons (Fsp3) is 0.167. The van der Waals surface area contributed by atoms with Gasteiger partial charge in [-0.05, 0) is 29.7 Å². The minimum atomic E-state index is -0.195. The van der Waals surface area contributed by atoms with Crippen LogP contribution in [0.2, 0.25) is 0 Å². The molecule has 0 fully saturated rings. The lowest BCUT2D eigenvalue weighted by Crippen LogP contribution is -2.11. The summed E-state index contributed by atoms with van der Waals surface area (Å²) in [6.45, 7) is 0.834. The first-order valence-electron chi connectivity index (χ1n) is 7.06. The summed E-state index contributed by atoms with van der Waals surface area (Å²) in [5.74, 6) is 0.0991. The van der Waals surface area contributed by atoms with E-state index in [0.717, 1.165) is 18.5 Å². The number of hydrogen-bond acceptors (Lipinski definition) is 1. The lowest BCUT2D eigenvalue weighted by molar-refractivity contribution is 0.553. The molecule has 0 amide bonds. The second-order valence-corrected chi connectivity index (χ2v) is 5.20. The fourth-order valence-corrected chi connectivity index (χ4v) is 2.57. The highest BCUT2D eigenvalue weighted by Gasteiger charge is 2.13. The molecule has 0 aliphatic heterocycles. The highest BCUT2D eigenvalue weighted by atomic mass is 19.1. The number of benzene rings is 2. The van der Waals surface area contributed by atoms with Gasteiger partial charge in [0.05, 0.1) is 6.33 Å². The molecule has 2 aromatic carbocycles. The molecule has 0 saturated heterocycles. The van der Waals surface area contributed by atoms with Gasteiger partial charge in [-0.1, -0.05) is 42.5 Å². The SMILES string of the molecule is Fc1ccc(C(Cc2ccccc2)Cn2ccnc2)cc1. The van der Waals surface area contributed by atoms with Gasteiger partial charge in [0, 0.05) is 24.9 Å². The summed E-state index contributed by atoms with van der Waals surface area (Å²) < 4.78 is 15.2. The molecule has 0 aliphatic carbocycles. The summed E-state index contributed by atoms with van der Waals surface area (Å²) >= 11 is 0. The van der Waals surface area contributed by atoms with E-state index in [1.165, 1.54) is 17.7 Å².